The van der Waals surface area contributed by atoms with Crippen LogP contribution in [-0.2, 0) is 14.8 Å². The van der Waals surface area contributed by atoms with Crippen molar-refractivity contribution in [2.75, 3.05) is 18.4 Å². The van der Waals surface area contributed by atoms with E-state index in [9.17, 15) is 18.0 Å². The predicted molar refractivity (Wildman–Crippen MR) is 120 cm³/mol. The summed E-state index contributed by atoms with van der Waals surface area (Å²) in [5.74, 6) is 0.276. The summed E-state index contributed by atoms with van der Waals surface area (Å²) in [6, 6.07) is 5.10. The van der Waals surface area contributed by atoms with Gasteiger partial charge in [0.1, 0.15) is 0 Å². The number of nitrogens with zero attached hydrogens (tertiary/aromatic N) is 1. The van der Waals surface area contributed by atoms with Crippen LogP contribution < -0.4 is 10.0 Å². The molecule has 8 heteroatoms. The van der Waals surface area contributed by atoms with Crippen molar-refractivity contribution in [3.05, 3.63) is 29.3 Å². The Bertz CT molecular complexity index is 844. The van der Waals surface area contributed by atoms with E-state index >= 15 is 0 Å². The van der Waals surface area contributed by atoms with Gasteiger partial charge in [-0.2, -0.15) is 0 Å². The Morgan fingerprint density at radius 2 is 1.47 bits per heavy atom. The van der Waals surface area contributed by atoms with E-state index in [1.54, 1.807) is 4.90 Å². The van der Waals surface area contributed by atoms with Crippen LogP contribution in [0.5, 0.6) is 0 Å². The first kappa shape index (κ1) is 24.2. The molecule has 0 radical (unpaired) electrons. The van der Waals surface area contributed by atoms with Gasteiger partial charge in [0.2, 0.25) is 15.9 Å². The van der Waals surface area contributed by atoms with E-state index in [2.05, 4.69) is 10.0 Å². The van der Waals surface area contributed by atoms with E-state index in [-0.39, 0.29) is 23.7 Å². The molecule has 30 heavy (non-hydrogen) atoms. The second kappa shape index (κ2) is 9.81. The van der Waals surface area contributed by atoms with Gasteiger partial charge < -0.3 is 10.2 Å². The second-order valence-electron chi connectivity index (χ2n) is 8.90. The Labute approximate surface area is 180 Å². The van der Waals surface area contributed by atoms with Crippen molar-refractivity contribution in [2.45, 2.75) is 71.5 Å². The Kier molecular flexibility index (Phi) is 7.91. The number of para-hydroxylation sites is 1. The average molecular weight is 438 g/mol. The quantitative estimate of drug-likeness (QED) is 0.702. The van der Waals surface area contributed by atoms with E-state index in [1.165, 1.54) is 0 Å². The lowest BCUT2D eigenvalue weighted by Crippen LogP contribution is -2.48. The van der Waals surface area contributed by atoms with Gasteiger partial charge in [-0.3, -0.25) is 4.79 Å². The Balaban J connectivity index is 2.09. The molecule has 1 aliphatic rings. The van der Waals surface area contributed by atoms with Crippen molar-refractivity contribution < 1.29 is 18.0 Å². The maximum atomic E-state index is 12.8. The predicted octanol–water partition coefficient (Wildman–Crippen LogP) is 4.03. The molecule has 0 saturated carbocycles. The van der Waals surface area contributed by atoms with E-state index < -0.39 is 21.3 Å². The Morgan fingerprint density at radius 3 is 1.90 bits per heavy atom. The lowest BCUT2D eigenvalue weighted by Gasteiger charge is -2.32. The van der Waals surface area contributed by atoms with E-state index in [0.29, 0.717) is 31.6 Å². The maximum absolute atomic E-state index is 12.8. The zero-order valence-electron chi connectivity index (χ0n) is 18.9. The van der Waals surface area contributed by atoms with Crippen LogP contribution in [0.1, 0.15) is 77.3 Å². The maximum Gasteiger partial charge on any atom is 0.332 e. The van der Waals surface area contributed by atoms with Gasteiger partial charge in [0.05, 0.1) is 5.25 Å². The number of urea groups is 1. The van der Waals surface area contributed by atoms with E-state index in [4.69, 9.17) is 0 Å². The molecule has 1 aromatic rings. The topological polar surface area (TPSA) is 95.6 Å². The third kappa shape index (κ3) is 5.74. The number of amides is 3. The van der Waals surface area contributed by atoms with Crippen molar-refractivity contribution in [1.82, 2.24) is 9.62 Å². The lowest BCUT2D eigenvalue weighted by atomic mass is 9.93. The zero-order chi connectivity index (χ0) is 22.6. The molecule has 168 valence electrons. The van der Waals surface area contributed by atoms with Gasteiger partial charge in [-0.05, 0) is 35.8 Å². The fourth-order valence-corrected chi connectivity index (χ4v) is 5.11. The van der Waals surface area contributed by atoms with Gasteiger partial charge in [0.25, 0.3) is 0 Å². The molecule has 1 fully saturated rings. The third-order valence-electron chi connectivity index (χ3n) is 5.53. The van der Waals surface area contributed by atoms with E-state index in [1.807, 2.05) is 59.7 Å². The van der Waals surface area contributed by atoms with Gasteiger partial charge in [0, 0.05) is 24.7 Å². The summed E-state index contributed by atoms with van der Waals surface area (Å²) >= 11 is 0. The fraction of sp³-hybridized carbons (Fsp3) is 0.636. The normalized spacial score (nSPS) is 15.7. The molecule has 0 aromatic heterocycles. The number of carbonyl (C=O) groups is 2. The number of sulfonamides is 1. The highest BCUT2D eigenvalue weighted by molar-refractivity contribution is 7.90. The van der Waals surface area contributed by atoms with Crippen molar-refractivity contribution in [3.8, 4) is 0 Å². The van der Waals surface area contributed by atoms with Crippen LogP contribution in [0.25, 0.3) is 0 Å². The number of rotatable bonds is 6. The van der Waals surface area contributed by atoms with Crippen LogP contribution in [0.2, 0.25) is 0 Å². The minimum Gasteiger partial charge on any atom is -0.342 e. The monoisotopic (exact) mass is 437 g/mol. The molecule has 1 saturated heterocycles. The first-order valence-electron chi connectivity index (χ1n) is 10.7. The van der Waals surface area contributed by atoms with Crippen LogP contribution >= 0.6 is 0 Å². The average Bonchev–Trinajstić information content (AvgIpc) is 2.66. The van der Waals surface area contributed by atoms with Crippen LogP contribution in [0.4, 0.5) is 10.5 Å². The molecule has 1 aromatic carbocycles. The molecule has 0 atom stereocenters. The van der Waals surface area contributed by atoms with Crippen molar-refractivity contribution in [1.29, 1.82) is 0 Å². The highest BCUT2D eigenvalue weighted by Crippen LogP contribution is 2.32. The highest BCUT2D eigenvalue weighted by Gasteiger charge is 2.33. The number of likely N-dealkylation sites (tertiary alicyclic amines) is 1. The van der Waals surface area contributed by atoms with Gasteiger partial charge in [-0.15, -0.1) is 0 Å². The van der Waals surface area contributed by atoms with Crippen LogP contribution in [0.15, 0.2) is 18.2 Å². The molecule has 0 aliphatic carbocycles. The number of nitrogens with one attached hydrogen (secondary N) is 2. The van der Waals surface area contributed by atoms with Gasteiger partial charge >= 0.3 is 6.03 Å². The van der Waals surface area contributed by atoms with Crippen molar-refractivity contribution >= 4 is 27.6 Å². The summed E-state index contributed by atoms with van der Waals surface area (Å²) in [7, 11) is -3.84. The largest absolute Gasteiger partial charge is 0.342 e. The molecule has 1 heterocycles. The zero-order valence-corrected chi connectivity index (χ0v) is 19.7. The molecule has 2 N–H and O–H groups in total. The molecule has 0 unspecified atom stereocenters. The Hall–Kier alpha value is -2.09. The number of piperidine rings is 1. The SMILES string of the molecule is CC(C)C(=O)N1CCC(S(=O)(=O)NC(=O)Nc2c(C(C)C)cccc2C(C)C)CC1. The number of benzene rings is 1. The van der Waals surface area contributed by atoms with Gasteiger partial charge in [0.15, 0.2) is 0 Å². The Morgan fingerprint density at radius 1 is 0.967 bits per heavy atom. The summed E-state index contributed by atoms with van der Waals surface area (Å²) in [6.07, 6.45) is 0.641. The first-order valence-corrected chi connectivity index (χ1v) is 12.2. The molecule has 0 bridgehead atoms. The summed E-state index contributed by atoms with van der Waals surface area (Å²) in [5, 5.41) is 2.09. The van der Waals surface area contributed by atoms with Crippen LogP contribution in [0.3, 0.4) is 0 Å². The summed E-state index contributed by atoms with van der Waals surface area (Å²) in [6.45, 7) is 12.6. The fourth-order valence-electron chi connectivity index (χ4n) is 3.80. The third-order valence-corrected chi connectivity index (χ3v) is 7.35. The highest BCUT2D eigenvalue weighted by atomic mass is 32.2. The lowest BCUT2D eigenvalue weighted by molar-refractivity contribution is -0.135. The number of carbonyl (C=O) groups excluding carboxylic acids is 2. The van der Waals surface area contributed by atoms with E-state index in [0.717, 1.165) is 11.1 Å². The summed E-state index contributed by atoms with van der Waals surface area (Å²) < 4.78 is 27.7. The number of anilines is 1. The van der Waals surface area contributed by atoms with Crippen LogP contribution in [-0.4, -0.2) is 43.6 Å². The second-order valence-corrected chi connectivity index (χ2v) is 10.9. The van der Waals surface area contributed by atoms with Crippen molar-refractivity contribution in [2.24, 2.45) is 5.92 Å². The smallest absolute Gasteiger partial charge is 0.332 e. The summed E-state index contributed by atoms with van der Waals surface area (Å²) in [4.78, 5) is 26.4. The first-order chi connectivity index (χ1) is 13.9. The minimum atomic E-state index is -3.84. The van der Waals surface area contributed by atoms with Gasteiger partial charge in [-0.25, -0.2) is 17.9 Å². The van der Waals surface area contributed by atoms with Crippen molar-refractivity contribution in [3.63, 3.8) is 0 Å². The molecule has 3 amide bonds. The molecular weight excluding hydrogens is 402 g/mol. The molecular formula is C22H35N3O4S. The minimum absolute atomic E-state index is 0.0306. The molecule has 1 aliphatic heterocycles. The molecule has 2 rings (SSSR count). The summed E-state index contributed by atoms with van der Waals surface area (Å²) in [5.41, 5.74) is 2.61. The standard InChI is InChI=1S/C22H35N3O4S/c1-14(2)18-8-7-9-19(15(3)4)20(18)23-22(27)24-30(28,29)17-10-12-25(13-11-17)21(26)16(5)6/h7-9,14-17H,10-13H2,1-6H3,(H2,23,24,27). The number of hydrogen-bond donors (Lipinski definition) is 2. The van der Waals surface area contributed by atoms with Crippen LogP contribution in [0, 0.1) is 5.92 Å². The number of hydrogen-bond acceptors (Lipinski definition) is 4. The molecule has 7 nitrogen and oxygen atoms in total. The van der Waals surface area contributed by atoms with Gasteiger partial charge in [-0.1, -0.05) is 59.7 Å². The molecule has 0 spiro atoms.